The van der Waals surface area contributed by atoms with Crippen LogP contribution in [0.4, 0.5) is 0 Å². The Morgan fingerprint density at radius 3 is 2.77 bits per heavy atom. The van der Waals surface area contributed by atoms with Gasteiger partial charge in [-0.2, -0.15) is 0 Å². The first-order valence-electron chi connectivity index (χ1n) is 9.32. The van der Waals surface area contributed by atoms with Crippen molar-refractivity contribution >= 4 is 0 Å². The molecule has 0 bridgehead atoms. The Morgan fingerprint density at radius 2 is 2.00 bits per heavy atom. The Balaban J connectivity index is 1.62. The summed E-state index contributed by atoms with van der Waals surface area (Å²) in [6.07, 6.45) is 4.92. The average Bonchev–Trinajstić information content (AvgIpc) is 2.96. The molecule has 26 heavy (non-hydrogen) atoms. The Bertz CT molecular complexity index is 653. The van der Waals surface area contributed by atoms with Gasteiger partial charge in [0.25, 0.3) is 0 Å². The maximum atomic E-state index is 6.15. The Labute approximate surface area is 155 Å². The normalized spacial score (nSPS) is 16.6. The van der Waals surface area contributed by atoms with Gasteiger partial charge in [0.15, 0.2) is 0 Å². The van der Waals surface area contributed by atoms with Gasteiger partial charge in [-0.3, -0.25) is 4.90 Å². The number of ether oxygens (including phenoxy) is 2. The van der Waals surface area contributed by atoms with E-state index in [4.69, 9.17) is 9.47 Å². The van der Waals surface area contributed by atoms with Crippen LogP contribution in [0.25, 0.3) is 11.3 Å². The van der Waals surface area contributed by atoms with Crippen LogP contribution in [0.5, 0.6) is 5.88 Å². The summed E-state index contributed by atoms with van der Waals surface area (Å²) >= 11 is 0. The summed E-state index contributed by atoms with van der Waals surface area (Å²) in [5.41, 5.74) is 1.91. The van der Waals surface area contributed by atoms with Crippen LogP contribution in [0.15, 0.2) is 55.1 Å². The van der Waals surface area contributed by atoms with Gasteiger partial charge in [-0.25, -0.2) is 0 Å². The van der Waals surface area contributed by atoms with E-state index in [1.807, 2.05) is 48.5 Å². The van der Waals surface area contributed by atoms with E-state index >= 15 is 0 Å². The van der Waals surface area contributed by atoms with Crippen molar-refractivity contribution in [3.8, 4) is 17.1 Å². The molecule has 0 unspecified atom stereocenters. The highest BCUT2D eigenvalue weighted by Crippen LogP contribution is 2.19. The predicted octanol–water partition coefficient (Wildman–Crippen LogP) is 3.58. The first kappa shape index (κ1) is 18.5. The number of hydrogen-bond donors (Lipinski definition) is 0. The third kappa shape index (κ3) is 5.64. The molecule has 0 N–H and O–H groups in total. The molecule has 0 amide bonds. The molecule has 0 aliphatic carbocycles. The summed E-state index contributed by atoms with van der Waals surface area (Å²) in [5.74, 6) is 0.574. The molecule has 0 saturated carbocycles. The molecule has 1 atom stereocenters. The van der Waals surface area contributed by atoms with Gasteiger partial charge in [0.2, 0.25) is 5.88 Å². The van der Waals surface area contributed by atoms with Gasteiger partial charge in [-0.15, -0.1) is 16.8 Å². The summed E-state index contributed by atoms with van der Waals surface area (Å²) in [6, 6.07) is 13.9. The van der Waals surface area contributed by atoms with Crippen molar-refractivity contribution in [1.82, 2.24) is 15.1 Å². The van der Waals surface area contributed by atoms with Gasteiger partial charge < -0.3 is 9.47 Å². The average molecular weight is 353 g/mol. The second-order valence-electron chi connectivity index (χ2n) is 6.50. The molecular weight excluding hydrogens is 326 g/mol. The van der Waals surface area contributed by atoms with Gasteiger partial charge >= 0.3 is 0 Å². The van der Waals surface area contributed by atoms with E-state index in [-0.39, 0.29) is 6.10 Å². The fraction of sp³-hybridized carbons (Fsp3) is 0.429. The van der Waals surface area contributed by atoms with Crippen molar-refractivity contribution < 1.29 is 9.47 Å². The molecule has 5 nitrogen and oxygen atoms in total. The number of rotatable bonds is 8. The Morgan fingerprint density at radius 1 is 1.12 bits per heavy atom. The number of aromatic nitrogens is 2. The Hall–Kier alpha value is -2.24. The zero-order valence-corrected chi connectivity index (χ0v) is 15.2. The zero-order chi connectivity index (χ0) is 18.0. The van der Waals surface area contributed by atoms with Gasteiger partial charge in [0.1, 0.15) is 6.10 Å². The first-order chi connectivity index (χ1) is 12.8. The Kier molecular flexibility index (Phi) is 7.16. The fourth-order valence-electron chi connectivity index (χ4n) is 3.08. The minimum Gasteiger partial charge on any atom is -0.472 e. The number of nitrogens with zero attached hydrogens (tertiary/aromatic N) is 3. The quantitative estimate of drug-likeness (QED) is 0.679. The number of hydrogen-bond acceptors (Lipinski definition) is 5. The van der Waals surface area contributed by atoms with E-state index < -0.39 is 0 Å². The lowest BCUT2D eigenvalue weighted by Gasteiger charge is -2.26. The van der Waals surface area contributed by atoms with Gasteiger partial charge in [-0.05, 0) is 25.3 Å². The molecular formula is C21H27N3O2. The highest BCUT2D eigenvalue weighted by molar-refractivity contribution is 5.58. The van der Waals surface area contributed by atoms with Gasteiger partial charge in [-0.1, -0.05) is 36.4 Å². The van der Waals surface area contributed by atoms with Crippen molar-refractivity contribution in [1.29, 1.82) is 0 Å². The lowest BCUT2D eigenvalue weighted by Crippen LogP contribution is -2.37. The second-order valence-corrected chi connectivity index (χ2v) is 6.50. The maximum Gasteiger partial charge on any atom is 0.233 e. The molecule has 2 heterocycles. The molecule has 0 radical (unpaired) electrons. The molecule has 2 aromatic rings. The minimum absolute atomic E-state index is 0.0722. The number of benzene rings is 1. The molecule has 0 spiro atoms. The third-order valence-corrected chi connectivity index (χ3v) is 4.47. The van der Waals surface area contributed by atoms with Crippen LogP contribution >= 0.6 is 0 Å². The van der Waals surface area contributed by atoms with E-state index in [2.05, 4.69) is 21.7 Å². The summed E-state index contributed by atoms with van der Waals surface area (Å²) < 4.78 is 11.7. The van der Waals surface area contributed by atoms with E-state index in [0.717, 1.165) is 63.4 Å². The highest BCUT2D eigenvalue weighted by atomic mass is 16.5. The van der Waals surface area contributed by atoms with Crippen LogP contribution in [0.2, 0.25) is 0 Å². The van der Waals surface area contributed by atoms with Crippen LogP contribution in [-0.2, 0) is 4.74 Å². The standard InChI is InChI=1S/C21H27N3O2/c1-2-3-10-19(17-24-13-7-15-25-16-14-24)26-21-12-11-20(22-23-21)18-8-5-4-6-9-18/h2,4-6,8-9,11-12,19H,1,3,7,10,13-17H2/t19-/m1/s1. The first-order valence-corrected chi connectivity index (χ1v) is 9.32. The lowest BCUT2D eigenvalue weighted by molar-refractivity contribution is 0.109. The summed E-state index contributed by atoms with van der Waals surface area (Å²) in [5, 5.41) is 8.59. The lowest BCUT2D eigenvalue weighted by atomic mass is 10.1. The van der Waals surface area contributed by atoms with E-state index in [0.29, 0.717) is 5.88 Å². The minimum atomic E-state index is 0.0722. The van der Waals surface area contributed by atoms with Gasteiger partial charge in [0.05, 0.1) is 12.3 Å². The van der Waals surface area contributed by atoms with Crippen LogP contribution in [0.1, 0.15) is 19.3 Å². The SMILES string of the molecule is C=CCC[C@H](CN1CCCOCC1)Oc1ccc(-c2ccccc2)nn1. The summed E-state index contributed by atoms with van der Waals surface area (Å²) in [7, 11) is 0. The van der Waals surface area contributed by atoms with Crippen LogP contribution in [-0.4, -0.2) is 54.0 Å². The molecule has 1 aliphatic rings. The van der Waals surface area contributed by atoms with E-state index in [1.54, 1.807) is 0 Å². The highest BCUT2D eigenvalue weighted by Gasteiger charge is 2.17. The van der Waals surface area contributed by atoms with E-state index in [9.17, 15) is 0 Å². The molecule has 1 fully saturated rings. The smallest absolute Gasteiger partial charge is 0.233 e. The van der Waals surface area contributed by atoms with E-state index in [1.165, 1.54) is 0 Å². The maximum absolute atomic E-state index is 6.15. The molecule has 1 aromatic carbocycles. The van der Waals surface area contributed by atoms with Crippen LogP contribution in [0, 0.1) is 0 Å². The topological polar surface area (TPSA) is 47.5 Å². The van der Waals surface area contributed by atoms with Crippen LogP contribution in [0.3, 0.4) is 0 Å². The largest absolute Gasteiger partial charge is 0.472 e. The third-order valence-electron chi connectivity index (χ3n) is 4.47. The van der Waals surface area contributed by atoms with Crippen molar-refractivity contribution in [2.24, 2.45) is 0 Å². The van der Waals surface area contributed by atoms with Crippen molar-refractivity contribution in [3.63, 3.8) is 0 Å². The van der Waals surface area contributed by atoms with Crippen LogP contribution < -0.4 is 4.74 Å². The molecule has 138 valence electrons. The van der Waals surface area contributed by atoms with Crippen molar-refractivity contribution in [2.75, 3.05) is 32.8 Å². The monoisotopic (exact) mass is 353 g/mol. The molecule has 3 rings (SSSR count). The number of allylic oxidation sites excluding steroid dienone is 1. The molecule has 1 saturated heterocycles. The molecule has 1 aromatic heterocycles. The zero-order valence-electron chi connectivity index (χ0n) is 15.2. The summed E-state index contributed by atoms with van der Waals surface area (Å²) in [6.45, 7) is 8.34. The van der Waals surface area contributed by atoms with Crippen molar-refractivity contribution in [2.45, 2.75) is 25.4 Å². The summed E-state index contributed by atoms with van der Waals surface area (Å²) in [4.78, 5) is 2.41. The van der Waals surface area contributed by atoms with Crippen molar-refractivity contribution in [3.05, 3.63) is 55.1 Å². The van der Waals surface area contributed by atoms with Gasteiger partial charge in [0, 0.05) is 37.9 Å². The second kappa shape index (κ2) is 10.0. The fourth-order valence-corrected chi connectivity index (χ4v) is 3.08. The molecule has 5 heteroatoms. The molecule has 1 aliphatic heterocycles. The predicted molar refractivity (Wildman–Crippen MR) is 103 cm³/mol.